The molecule has 3 aromatic rings. The van der Waals surface area contributed by atoms with Gasteiger partial charge in [0.25, 0.3) is 10.1 Å². The molecule has 11 heteroatoms. The maximum Gasteiger partial charge on any atom is 0.339 e. The molecular formula is C26H24N2O8S. The molecule has 192 valence electrons. The lowest BCUT2D eigenvalue weighted by Gasteiger charge is -2.53. The van der Waals surface area contributed by atoms with Crippen molar-refractivity contribution in [1.82, 2.24) is 10.3 Å². The number of aliphatic hydroxyl groups is 1. The van der Waals surface area contributed by atoms with Crippen molar-refractivity contribution in [3.63, 3.8) is 0 Å². The van der Waals surface area contributed by atoms with Gasteiger partial charge in [0.1, 0.15) is 17.6 Å². The molecule has 37 heavy (non-hydrogen) atoms. The van der Waals surface area contributed by atoms with Crippen molar-refractivity contribution in [3.05, 3.63) is 84.7 Å². The molecule has 1 amide bonds. The molecule has 0 bridgehead atoms. The van der Waals surface area contributed by atoms with Gasteiger partial charge < -0.3 is 19.9 Å². The summed E-state index contributed by atoms with van der Waals surface area (Å²) < 4.78 is 41.6. The molecule has 2 aliphatic rings. The number of carbonyl (C=O) groups excluding carboxylic acids is 2. The van der Waals surface area contributed by atoms with Gasteiger partial charge in [-0.1, -0.05) is 30.3 Å². The summed E-state index contributed by atoms with van der Waals surface area (Å²) in [5.41, 5.74) is -2.60. The van der Waals surface area contributed by atoms with Crippen molar-refractivity contribution in [1.29, 1.82) is 0 Å². The number of aromatic nitrogens is 1. The molecule has 2 aromatic carbocycles. The van der Waals surface area contributed by atoms with E-state index in [1.807, 2.05) is 0 Å². The van der Waals surface area contributed by atoms with Crippen molar-refractivity contribution in [2.45, 2.75) is 35.5 Å². The summed E-state index contributed by atoms with van der Waals surface area (Å²) in [6.07, 6.45) is 1.74. The van der Waals surface area contributed by atoms with Crippen LogP contribution in [-0.4, -0.2) is 48.1 Å². The third-order valence-corrected chi connectivity index (χ3v) is 8.19. The van der Waals surface area contributed by atoms with Crippen molar-refractivity contribution < 1.29 is 36.8 Å². The first-order chi connectivity index (χ1) is 17.7. The zero-order chi connectivity index (χ0) is 26.3. The lowest BCUT2D eigenvalue weighted by Crippen LogP contribution is -2.76. The maximum absolute atomic E-state index is 12.9. The number of hydrogen-bond acceptors (Lipinski definition) is 9. The summed E-state index contributed by atoms with van der Waals surface area (Å²) in [5, 5.41) is 13.7. The van der Waals surface area contributed by atoms with E-state index < -0.39 is 45.2 Å². The monoisotopic (exact) mass is 524 g/mol. The Labute approximate surface area is 213 Å². The summed E-state index contributed by atoms with van der Waals surface area (Å²) >= 11 is 0. The summed E-state index contributed by atoms with van der Waals surface area (Å²) in [4.78, 5) is 29.3. The molecule has 2 aliphatic heterocycles. The van der Waals surface area contributed by atoms with Crippen LogP contribution in [0.15, 0.2) is 84.0 Å². The quantitative estimate of drug-likeness (QED) is 0.319. The molecule has 2 fully saturated rings. The van der Waals surface area contributed by atoms with Crippen LogP contribution in [0, 0.1) is 5.92 Å². The predicted molar refractivity (Wildman–Crippen MR) is 129 cm³/mol. The minimum absolute atomic E-state index is 0.0553. The third-order valence-electron chi connectivity index (χ3n) is 6.86. The molecule has 4 atom stereocenters. The van der Waals surface area contributed by atoms with E-state index in [-0.39, 0.29) is 17.9 Å². The average Bonchev–Trinajstić information content (AvgIpc) is 3.07. The highest BCUT2D eigenvalue weighted by molar-refractivity contribution is 7.86. The smallest absolute Gasteiger partial charge is 0.339 e. The van der Waals surface area contributed by atoms with Crippen LogP contribution in [-0.2, 0) is 28.6 Å². The Hall–Kier alpha value is -3.80. The Morgan fingerprint density at radius 3 is 2.43 bits per heavy atom. The van der Waals surface area contributed by atoms with Crippen LogP contribution in [0.3, 0.4) is 0 Å². The van der Waals surface area contributed by atoms with Gasteiger partial charge in [-0.2, -0.15) is 8.42 Å². The summed E-state index contributed by atoms with van der Waals surface area (Å²) in [5.74, 6) is -1.27. The summed E-state index contributed by atoms with van der Waals surface area (Å²) in [7, 11) is -4.13. The second-order valence-corrected chi connectivity index (χ2v) is 10.6. The first-order valence-electron chi connectivity index (χ1n) is 11.5. The Morgan fingerprint density at radius 2 is 1.78 bits per heavy atom. The van der Waals surface area contributed by atoms with Crippen molar-refractivity contribution in [3.8, 4) is 11.5 Å². The fraction of sp³-hybridized carbons (Fsp3) is 0.269. The van der Waals surface area contributed by atoms with E-state index in [4.69, 9.17) is 13.7 Å². The number of fused-ring (bicyclic) bond motifs is 1. The van der Waals surface area contributed by atoms with Crippen LogP contribution in [0.1, 0.15) is 25.0 Å². The lowest BCUT2D eigenvalue weighted by molar-refractivity contribution is -0.236. The molecule has 3 heterocycles. The van der Waals surface area contributed by atoms with Crippen molar-refractivity contribution in [2.75, 3.05) is 6.61 Å². The molecule has 0 aliphatic carbocycles. The van der Waals surface area contributed by atoms with Gasteiger partial charge in [-0.15, -0.1) is 0 Å². The average molecular weight is 525 g/mol. The number of esters is 1. The summed E-state index contributed by atoms with van der Waals surface area (Å²) in [6, 6.07) is 17.6. The molecule has 1 aromatic heterocycles. The second kappa shape index (κ2) is 9.25. The summed E-state index contributed by atoms with van der Waals surface area (Å²) in [6.45, 7) is 1.22. The van der Waals surface area contributed by atoms with E-state index in [0.29, 0.717) is 17.1 Å². The van der Waals surface area contributed by atoms with E-state index in [9.17, 15) is 23.1 Å². The lowest BCUT2D eigenvalue weighted by atomic mass is 9.66. The number of pyridine rings is 1. The highest BCUT2D eigenvalue weighted by atomic mass is 32.2. The van der Waals surface area contributed by atoms with Gasteiger partial charge in [-0.3, -0.25) is 14.0 Å². The van der Waals surface area contributed by atoms with E-state index in [2.05, 4.69) is 10.3 Å². The molecule has 5 rings (SSSR count). The van der Waals surface area contributed by atoms with Crippen LogP contribution in [0.2, 0.25) is 0 Å². The highest BCUT2D eigenvalue weighted by Crippen LogP contribution is 2.55. The number of aliphatic hydroxyl groups excluding tert-OH is 1. The fourth-order valence-corrected chi connectivity index (χ4v) is 5.79. The highest BCUT2D eigenvalue weighted by Gasteiger charge is 2.79. The molecule has 10 nitrogen and oxygen atoms in total. The van der Waals surface area contributed by atoms with Crippen LogP contribution in [0.4, 0.5) is 0 Å². The van der Waals surface area contributed by atoms with Gasteiger partial charge in [0, 0.05) is 6.20 Å². The third kappa shape index (κ3) is 4.14. The number of carbonyl (C=O) groups is 2. The predicted octanol–water partition coefficient (Wildman–Crippen LogP) is 2.50. The minimum Gasteiger partial charge on any atom is -0.456 e. The molecular weight excluding hydrogens is 500 g/mol. The zero-order valence-corrected chi connectivity index (χ0v) is 20.6. The first-order valence-corrected chi connectivity index (χ1v) is 12.9. The van der Waals surface area contributed by atoms with E-state index in [0.717, 1.165) is 0 Å². The Balaban J connectivity index is 1.25. The SMILES string of the molecule is CC12OC(=O)C1(C(O)c1ccccc1)NC(=O)C2CCOS(=O)(=O)c1ccc(Oc2cccnc2)cc1. The van der Waals surface area contributed by atoms with Gasteiger partial charge in [-0.25, -0.2) is 4.79 Å². The minimum atomic E-state index is -4.13. The molecule has 2 N–H and O–H groups in total. The van der Waals surface area contributed by atoms with E-state index in [1.165, 1.54) is 30.5 Å². The number of ether oxygens (including phenoxy) is 2. The van der Waals surface area contributed by atoms with Crippen molar-refractivity contribution in [2.24, 2.45) is 5.92 Å². The molecule has 0 saturated carbocycles. The Bertz CT molecular complexity index is 1420. The number of hydrogen-bond donors (Lipinski definition) is 2. The first kappa shape index (κ1) is 24.9. The van der Waals surface area contributed by atoms with Crippen LogP contribution < -0.4 is 10.1 Å². The number of amides is 1. The van der Waals surface area contributed by atoms with Gasteiger partial charge in [0.05, 0.1) is 23.6 Å². The molecule has 0 spiro atoms. The zero-order valence-electron chi connectivity index (χ0n) is 19.7. The largest absolute Gasteiger partial charge is 0.456 e. The fourth-order valence-electron chi connectivity index (χ4n) is 4.87. The standard InChI is InChI=1S/C26H24N2O8S/c1-25-21(23(30)28-26(25,24(31)36-25)22(29)17-6-3-2-4-7-17)13-15-34-37(32,33)20-11-9-18(10-12-20)35-19-8-5-14-27-16-19/h2-12,14,16,21-22,29H,13,15H2,1H3,(H,28,30). The molecule has 4 unspecified atom stereocenters. The normalized spacial score (nSPS) is 25.4. The molecule has 0 radical (unpaired) electrons. The number of nitrogens with one attached hydrogen (secondary N) is 1. The second-order valence-electron chi connectivity index (χ2n) is 8.99. The van der Waals surface area contributed by atoms with Gasteiger partial charge in [-0.05, 0) is 55.3 Å². The van der Waals surface area contributed by atoms with E-state index >= 15 is 0 Å². The van der Waals surface area contributed by atoms with Crippen molar-refractivity contribution >= 4 is 22.0 Å². The van der Waals surface area contributed by atoms with E-state index in [1.54, 1.807) is 55.6 Å². The number of nitrogens with zero attached hydrogens (tertiary/aromatic N) is 1. The van der Waals surface area contributed by atoms with Gasteiger partial charge in [0.15, 0.2) is 5.60 Å². The van der Waals surface area contributed by atoms with Crippen LogP contribution in [0.25, 0.3) is 0 Å². The van der Waals surface area contributed by atoms with Crippen LogP contribution in [0.5, 0.6) is 11.5 Å². The maximum atomic E-state index is 12.9. The van der Waals surface area contributed by atoms with Crippen LogP contribution >= 0.6 is 0 Å². The number of benzene rings is 2. The Kier molecular flexibility index (Phi) is 6.22. The van der Waals surface area contributed by atoms with Gasteiger partial charge in [0.2, 0.25) is 11.4 Å². The number of rotatable bonds is 9. The van der Waals surface area contributed by atoms with Gasteiger partial charge >= 0.3 is 5.97 Å². The topological polar surface area (TPSA) is 141 Å². The Morgan fingerprint density at radius 1 is 1.05 bits per heavy atom. The molecule has 2 saturated heterocycles.